The summed E-state index contributed by atoms with van der Waals surface area (Å²) in [7, 11) is -3.98. The largest absolute Gasteiger partial charge is 0.467 e. The maximum absolute atomic E-state index is 13.2. The Bertz CT molecular complexity index is 1290. The van der Waals surface area contributed by atoms with Crippen LogP contribution in [-0.4, -0.2) is 24.5 Å². The highest BCUT2D eigenvalue weighted by molar-refractivity contribution is 7.99. The molecule has 7 nitrogen and oxygen atoms in total. The highest BCUT2D eigenvalue weighted by Gasteiger charge is 2.42. The molecule has 0 fully saturated rings. The number of rotatable bonds is 6. The Kier molecular flexibility index (Phi) is 5.71. The number of hydrogen-bond acceptors (Lipinski definition) is 5. The van der Waals surface area contributed by atoms with Gasteiger partial charge in [0.2, 0.25) is 0 Å². The van der Waals surface area contributed by atoms with Crippen LogP contribution >= 0.6 is 0 Å². The minimum Gasteiger partial charge on any atom is -0.467 e. The van der Waals surface area contributed by atoms with E-state index in [0.717, 1.165) is 9.87 Å². The number of nitrogens with one attached hydrogen (secondary N) is 1. The molecule has 0 spiro atoms. The monoisotopic (exact) mass is 450 g/mol. The molecular weight excluding hydrogens is 428 g/mol. The van der Waals surface area contributed by atoms with Crippen molar-refractivity contribution in [3.05, 3.63) is 101 Å². The summed E-state index contributed by atoms with van der Waals surface area (Å²) in [6.07, 6.45) is 1.53. The van der Waals surface area contributed by atoms with Crippen molar-refractivity contribution in [3.63, 3.8) is 0 Å². The molecule has 1 N–H and O–H groups in total. The normalized spacial score (nSPS) is 15.3. The summed E-state index contributed by atoms with van der Waals surface area (Å²) in [5.74, 6) is -0.183. The zero-order valence-corrected chi connectivity index (χ0v) is 18.5. The Morgan fingerprint density at radius 1 is 1.00 bits per heavy atom. The van der Waals surface area contributed by atoms with Crippen LogP contribution in [0.25, 0.3) is 4.91 Å². The van der Waals surface area contributed by atoms with Crippen LogP contribution in [0.3, 0.4) is 0 Å². The number of aryl methyl sites for hydroxylation is 1. The average molecular weight is 451 g/mol. The molecule has 0 radical (unpaired) electrons. The van der Waals surface area contributed by atoms with Crippen molar-refractivity contribution in [1.82, 2.24) is 9.62 Å². The van der Waals surface area contributed by atoms with E-state index in [9.17, 15) is 18.0 Å². The highest BCUT2D eigenvalue weighted by Crippen LogP contribution is 2.36. The molecule has 32 heavy (non-hydrogen) atoms. The van der Waals surface area contributed by atoms with Gasteiger partial charge in [0.25, 0.3) is 21.8 Å². The third-order valence-electron chi connectivity index (χ3n) is 5.30. The van der Waals surface area contributed by atoms with Gasteiger partial charge >= 0.3 is 0 Å². The van der Waals surface area contributed by atoms with E-state index in [1.165, 1.54) is 13.2 Å². The van der Waals surface area contributed by atoms with Crippen molar-refractivity contribution in [2.24, 2.45) is 0 Å². The number of benzene rings is 2. The van der Waals surface area contributed by atoms with E-state index in [2.05, 4.69) is 5.32 Å². The molecule has 2 amide bonds. The second-order valence-electron chi connectivity index (χ2n) is 7.60. The van der Waals surface area contributed by atoms with Crippen molar-refractivity contribution >= 4 is 26.7 Å². The maximum atomic E-state index is 13.2. The molecular formula is C24H22N2O5S. The molecule has 0 saturated heterocycles. The van der Waals surface area contributed by atoms with E-state index in [1.807, 2.05) is 19.1 Å². The van der Waals surface area contributed by atoms with Crippen LogP contribution < -0.4 is 5.32 Å². The van der Waals surface area contributed by atoms with Gasteiger partial charge in [0, 0.05) is 11.1 Å². The molecule has 0 saturated carbocycles. The molecule has 1 aromatic heterocycles. The molecule has 0 atom stereocenters. The molecule has 2 aromatic carbocycles. The Morgan fingerprint density at radius 3 is 2.31 bits per heavy atom. The topological polar surface area (TPSA) is 96.7 Å². The van der Waals surface area contributed by atoms with E-state index < -0.39 is 15.9 Å². The number of carbonyl (C=O) groups excluding carboxylic acids is 2. The first-order valence-electron chi connectivity index (χ1n) is 10.0. The van der Waals surface area contributed by atoms with Crippen LogP contribution in [0.1, 0.15) is 39.7 Å². The minimum atomic E-state index is -3.98. The van der Waals surface area contributed by atoms with E-state index in [-0.39, 0.29) is 29.5 Å². The van der Waals surface area contributed by atoms with Gasteiger partial charge in [-0.05, 0) is 49.2 Å². The van der Waals surface area contributed by atoms with Gasteiger partial charge in [-0.15, -0.1) is 0 Å². The van der Waals surface area contributed by atoms with Crippen LogP contribution in [0.5, 0.6) is 0 Å². The number of amides is 2. The SMILES string of the molecule is CC1=C(c2ccc(C)cc2)S(=O)(=O)N(Cc2ccc(C(=O)NCc3ccco3)cc2)C1=O. The molecule has 8 heteroatoms. The van der Waals surface area contributed by atoms with Crippen LogP contribution in [-0.2, 0) is 27.9 Å². The van der Waals surface area contributed by atoms with Gasteiger partial charge in [-0.2, -0.15) is 0 Å². The third-order valence-corrected chi connectivity index (χ3v) is 7.23. The minimum absolute atomic E-state index is 0.0384. The van der Waals surface area contributed by atoms with Gasteiger partial charge in [-0.25, -0.2) is 12.7 Å². The molecule has 2 heterocycles. The van der Waals surface area contributed by atoms with Crippen molar-refractivity contribution in [1.29, 1.82) is 0 Å². The zero-order chi connectivity index (χ0) is 22.9. The number of sulfonamides is 1. The summed E-state index contributed by atoms with van der Waals surface area (Å²) >= 11 is 0. The summed E-state index contributed by atoms with van der Waals surface area (Å²) in [5.41, 5.74) is 2.71. The smallest absolute Gasteiger partial charge is 0.268 e. The lowest BCUT2D eigenvalue weighted by Crippen LogP contribution is -2.31. The molecule has 4 rings (SSSR count). The molecule has 1 aliphatic rings. The van der Waals surface area contributed by atoms with Crippen molar-refractivity contribution in [2.45, 2.75) is 26.9 Å². The number of furan rings is 1. The Balaban J connectivity index is 1.49. The summed E-state index contributed by atoms with van der Waals surface area (Å²) in [4.78, 5) is 25.1. The Morgan fingerprint density at radius 2 is 1.69 bits per heavy atom. The molecule has 1 aliphatic heterocycles. The van der Waals surface area contributed by atoms with E-state index in [0.29, 0.717) is 22.5 Å². The van der Waals surface area contributed by atoms with Crippen LogP contribution in [0.15, 0.2) is 76.9 Å². The van der Waals surface area contributed by atoms with Crippen molar-refractivity contribution < 1.29 is 22.4 Å². The highest BCUT2D eigenvalue weighted by atomic mass is 32.2. The van der Waals surface area contributed by atoms with Crippen LogP contribution in [0.4, 0.5) is 0 Å². The lowest BCUT2D eigenvalue weighted by Gasteiger charge is -2.17. The van der Waals surface area contributed by atoms with Gasteiger partial charge in [-0.1, -0.05) is 42.0 Å². The van der Waals surface area contributed by atoms with E-state index in [1.54, 1.807) is 48.5 Å². The first-order chi connectivity index (χ1) is 15.3. The summed E-state index contributed by atoms with van der Waals surface area (Å²) in [6.45, 7) is 3.59. The Labute approximate surface area is 186 Å². The lowest BCUT2D eigenvalue weighted by molar-refractivity contribution is -0.122. The maximum Gasteiger partial charge on any atom is 0.268 e. The molecule has 0 aliphatic carbocycles. The predicted molar refractivity (Wildman–Crippen MR) is 120 cm³/mol. The van der Waals surface area contributed by atoms with Gasteiger partial charge in [-0.3, -0.25) is 9.59 Å². The summed E-state index contributed by atoms with van der Waals surface area (Å²) < 4.78 is 32.4. The van der Waals surface area contributed by atoms with Crippen LogP contribution in [0, 0.1) is 6.92 Å². The fourth-order valence-electron chi connectivity index (χ4n) is 3.53. The lowest BCUT2D eigenvalue weighted by atomic mass is 10.1. The number of carbonyl (C=O) groups is 2. The van der Waals surface area contributed by atoms with Gasteiger partial charge in [0.05, 0.1) is 19.4 Å². The first-order valence-corrected chi connectivity index (χ1v) is 11.5. The van der Waals surface area contributed by atoms with Gasteiger partial charge in [0.15, 0.2) is 0 Å². The van der Waals surface area contributed by atoms with E-state index >= 15 is 0 Å². The molecule has 0 bridgehead atoms. The molecule has 3 aromatic rings. The molecule has 0 unspecified atom stereocenters. The first kappa shape index (κ1) is 21.6. The zero-order valence-electron chi connectivity index (χ0n) is 17.7. The molecule has 164 valence electrons. The summed E-state index contributed by atoms with van der Waals surface area (Å²) in [6, 6.07) is 17.0. The fourth-order valence-corrected chi connectivity index (χ4v) is 5.34. The van der Waals surface area contributed by atoms with E-state index in [4.69, 9.17) is 4.42 Å². The second-order valence-corrected chi connectivity index (χ2v) is 9.40. The standard InChI is InChI=1S/C24H22N2O5S/c1-16-5-9-19(10-6-16)22-17(2)24(28)26(32(22,29)30)15-18-7-11-20(12-8-18)23(27)25-14-21-4-3-13-31-21/h3-13H,14-15H2,1-2H3,(H,25,27). The van der Waals surface area contributed by atoms with Crippen molar-refractivity contribution in [2.75, 3.05) is 0 Å². The van der Waals surface area contributed by atoms with Gasteiger partial charge < -0.3 is 9.73 Å². The number of hydrogen-bond donors (Lipinski definition) is 1. The summed E-state index contributed by atoms with van der Waals surface area (Å²) in [5, 5.41) is 2.75. The Hall–Kier alpha value is -3.65. The van der Waals surface area contributed by atoms with Gasteiger partial charge in [0.1, 0.15) is 10.7 Å². The number of nitrogens with zero attached hydrogens (tertiary/aromatic N) is 1. The van der Waals surface area contributed by atoms with Crippen LogP contribution in [0.2, 0.25) is 0 Å². The third kappa shape index (κ3) is 4.09. The second kappa shape index (κ2) is 8.47. The van der Waals surface area contributed by atoms with Crippen molar-refractivity contribution in [3.8, 4) is 0 Å². The fraction of sp³-hybridized carbons (Fsp3) is 0.167. The average Bonchev–Trinajstić information content (AvgIpc) is 3.35. The predicted octanol–water partition coefficient (Wildman–Crippen LogP) is 3.62. The quantitative estimate of drug-likeness (QED) is 0.619.